The van der Waals surface area contributed by atoms with Crippen molar-refractivity contribution in [1.29, 1.82) is 0 Å². The van der Waals surface area contributed by atoms with Gasteiger partial charge in [0.15, 0.2) is 0 Å². The minimum Gasteiger partial charge on any atom is -0.455 e. The SMILES string of the molecule is Cc1ccc(-c2cc(-c3c4ccccc4c(-c4ccc5ccccc5c4)c4ccccc34)cc3c2oc2ccccc23)cc1. The number of fused-ring (bicyclic) bond motifs is 6. The highest BCUT2D eigenvalue weighted by molar-refractivity contribution is 6.23. The molecule has 0 aliphatic heterocycles. The first-order valence-corrected chi connectivity index (χ1v) is 15.2. The van der Waals surface area contributed by atoms with Gasteiger partial charge in [0.05, 0.1) is 0 Å². The third-order valence-electron chi connectivity index (χ3n) is 9.10. The molecule has 44 heavy (non-hydrogen) atoms. The van der Waals surface area contributed by atoms with Crippen molar-refractivity contribution in [1.82, 2.24) is 0 Å². The van der Waals surface area contributed by atoms with Gasteiger partial charge in [-0.2, -0.15) is 0 Å². The van der Waals surface area contributed by atoms with Crippen LogP contribution in [0.15, 0.2) is 156 Å². The molecule has 1 nitrogen and oxygen atoms in total. The van der Waals surface area contributed by atoms with Gasteiger partial charge in [-0.05, 0) is 91.3 Å². The van der Waals surface area contributed by atoms with E-state index in [-0.39, 0.29) is 0 Å². The predicted molar refractivity (Wildman–Crippen MR) is 187 cm³/mol. The van der Waals surface area contributed by atoms with Crippen LogP contribution in [0.5, 0.6) is 0 Å². The van der Waals surface area contributed by atoms with Crippen LogP contribution >= 0.6 is 0 Å². The van der Waals surface area contributed by atoms with Gasteiger partial charge >= 0.3 is 0 Å². The van der Waals surface area contributed by atoms with Crippen LogP contribution in [0, 0.1) is 6.92 Å². The fraction of sp³-hybridized carbons (Fsp3) is 0.0233. The zero-order chi connectivity index (χ0) is 29.2. The van der Waals surface area contributed by atoms with Crippen molar-refractivity contribution in [2.45, 2.75) is 6.92 Å². The average Bonchev–Trinajstić information content (AvgIpc) is 3.45. The van der Waals surface area contributed by atoms with E-state index in [1.54, 1.807) is 0 Å². The molecule has 0 atom stereocenters. The summed E-state index contributed by atoms with van der Waals surface area (Å²) in [6.45, 7) is 2.13. The Morgan fingerprint density at radius 1 is 0.386 bits per heavy atom. The molecule has 0 spiro atoms. The molecule has 206 valence electrons. The molecular weight excluding hydrogens is 532 g/mol. The number of para-hydroxylation sites is 1. The van der Waals surface area contributed by atoms with Gasteiger partial charge < -0.3 is 4.42 Å². The Hall–Kier alpha value is -5.66. The molecular formula is C43H28O. The van der Waals surface area contributed by atoms with Crippen LogP contribution in [0.3, 0.4) is 0 Å². The molecule has 0 unspecified atom stereocenters. The molecule has 1 heteroatoms. The molecule has 9 aromatic rings. The highest BCUT2D eigenvalue weighted by atomic mass is 16.3. The normalized spacial score (nSPS) is 11.8. The highest BCUT2D eigenvalue weighted by Gasteiger charge is 2.20. The van der Waals surface area contributed by atoms with E-state index in [1.807, 2.05) is 6.07 Å². The number of rotatable bonds is 3. The Morgan fingerprint density at radius 3 is 1.61 bits per heavy atom. The standard InChI is InChI=1S/C43H28O/c1-27-18-20-29(21-19-27)38-25-32(26-39-33-12-8-9-17-40(33)44-43(38)39)42-36-15-6-4-13-34(36)41(35-14-5-7-16-37(35)42)31-23-22-28-10-2-3-11-30(28)24-31/h2-26H,1H3. The zero-order valence-corrected chi connectivity index (χ0v) is 24.3. The first-order valence-electron chi connectivity index (χ1n) is 15.2. The van der Waals surface area contributed by atoms with Gasteiger partial charge in [-0.15, -0.1) is 0 Å². The molecule has 0 fully saturated rings. The maximum absolute atomic E-state index is 6.55. The van der Waals surface area contributed by atoms with Crippen LogP contribution in [-0.4, -0.2) is 0 Å². The Morgan fingerprint density at radius 2 is 0.932 bits per heavy atom. The van der Waals surface area contributed by atoms with Crippen molar-refractivity contribution >= 4 is 54.3 Å². The summed E-state index contributed by atoms with van der Waals surface area (Å²) in [6.07, 6.45) is 0. The average molecular weight is 561 g/mol. The number of hydrogen-bond acceptors (Lipinski definition) is 1. The Labute approximate surface area is 255 Å². The fourth-order valence-corrected chi connectivity index (χ4v) is 7.01. The van der Waals surface area contributed by atoms with Crippen molar-refractivity contribution < 1.29 is 4.42 Å². The van der Waals surface area contributed by atoms with E-state index in [2.05, 4.69) is 153 Å². The van der Waals surface area contributed by atoms with E-state index < -0.39 is 0 Å². The Balaban J connectivity index is 1.41. The molecule has 1 heterocycles. The van der Waals surface area contributed by atoms with Crippen molar-refractivity contribution in [3.63, 3.8) is 0 Å². The van der Waals surface area contributed by atoms with Crippen LogP contribution in [0.2, 0.25) is 0 Å². The summed E-state index contributed by atoms with van der Waals surface area (Å²) >= 11 is 0. The molecule has 0 saturated heterocycles. The van der Waals surface area contributed by atoms with E-state index in [9.17, 15) is 0 Å². The molecule has 0 bridgehead atoms. The van der Waals surface area contributed by atoms with Crippen LogP contribution in [0.4, 0.5) is 0 Å². The molecule has 0 radical (unpaired) electrons. The second-order valence-corrected chi connectivity index (χ2v) is 11.8. The monoisotopic (exact) mass is 560 g/mol. The summed E-state index contributed by atoms with van der Waals surface area (Å²) in [5, 5.41) is 9.79. The molecule has 8 aromatic carbocycles. The largest absolute Gasteiger partial charge is 0.455 e. The van der Waals surface area contributed by atoms with Crippen LogP contribution < -0.4 is 0 Å². The summed E-state index contributed by atoms with van der Waals surface area (Å²) in [5.41, 5.74) is 10.3. The molecule has 0 N–H and O–H groups in total. The third kappa shape index (κ3) is 3.80. The topological polar surface area (TPSA) is 13.1 Å². The molecule has 0 aliphatic carbocycles. The van der Waals surface area contributed by atoms with Gasteiger partial charge in [0, 0.05) is 16.3 Å². The quantitative estimate of drug-likeness (QED) is 0.196. The van der Waals surface area contributed by atoms with Crippen molar-refractivity contribution in [2.75, 3.05) is 0 Å². The van der Waals surface area contributed by atoms with Crippen LogP contribution in [0.1, 0.15) is 5.56 Å². The van der Waals surface area contributed by atoms with E-state index in [4.69, 9.17) is 4.42 Å². The zero-order valence-electron chi connectivity index (χ0n) is 24.3. The lowest BCUT2D eigenvalue weighted by Crippen LogP contribution is -1.92. The second kappa shape index (κ2) is 9.69. The first-order chi connectivity index (χ1) is 21.7. The Bertz CT molecular complexity index is 2490. The smallest absolute Gasteiger partial charge is 0.143 e. The van der Waals surface area contributed by atoms with Crippen LogP contribution in [0.25, 0.3) is 87.6 Å². The van der Waals surface area contributed by atoms with E-state index >= 15 is 0 Å². The van der Waals surface area contributed by atoms with Gasteiger partial charge in [-0.1, -0.05) is 133 Å². The first kappa shape index (κ1) is 24.9. The van der Waals surface area contributed by atoms with E-state index in [0.717, 1.165) is 33.1 Å². The van der Waals surface area contributed by atoms with Gasteiger partial charge in [0.25, 0.3) is 0 Å². The summed E-state index contributed by atoms with van der Waals surface area (Å²) < 4.78 is 6.55. The molecule has 0 saturated carbocycles. The number of benzene rings is 8. The predicted octanol–water partition coefficient (Wildman–Crippen LogP) is 12.4. The number of aryl methyl sites for hydroxylation is 1. The summed E-state index contributed by atoms with van der Waals surface area (Å²) in [5.74, 6) is 0. The lowest BCUT2D eigenvalue weighted by molar-refractivity contribution is 0.670. The number of furan rings is 1. The van der Waals surface area contributed by atoms with E-state index in [1.165, 1.54) is 60.1 Å². The van der Waals surface area contributed by atoms with E-state index in [0.29, 0.717) is 0 Å². The molecule has 0 amide bonds. The lowest BCUT2D eigenvalue weighted by Gasteiger charge is -2.19. The third-order valence-corrected chi connectivity index (χ3v) is 9.10. The number of hydrogen-bond donors (Lipinski definition) is 0. The minimum atomic E-state index is 0.911. The minimum absolute atomic E-state index is 0.911. The second-order valence-electron chi connectivity index (χ2n) is 11.8. The van der Waals surface area contributed by atoms with Gasteiger partial charge in [0.2, 0.25) is 0 Å². The highest BCUT2D eigenvalue weighted by Crippen LogP contribution is 2.47. The van der Waals surface area contributed by atoms with Crippen molar-refractivity contribution in [3.8, 4) is 33.4 Å². The van der Waals surface area contributed by atoms with Crippen LogP contribution in [-0.2, 0) is 0 Å². The summed E-state index contributed by atoms with van der Waals surface area (Å²) in [6, 6.07) is 55.1. The molecule has 1 aromatic heterocycles. The fourth-order valence-electron chi connectivity index (χ4n) is 7.01. The van der Waals surface area contributed by atoms with Gasteiger partial charge in [-0.3, -0.25) is 0 Å². The molecule has 0 aliphatic rings. The summed E-state index contributed by atoms with van der Waals surface area (Å²) in [4.78, 5) is 0. The maximum Gasteiger partial charge on any atom is 0.143 e. The van der Waals surface area contributed by atoms with Crippen molar-refractivity contribution in [2.24, 2.45) is 0 Å². The maximum atomic E-state index is 6.55. The van der Waals surface area contributed by atoms with Gasteiger partial charge in [-0.25, -0.2) is 0 Å². The van der Waals surface area contributed by atoms with Gasteiger partial charge in [0.1, 0.15) is 11.2 Å². The van der Waals surface area contributed by atoms with Crippen molar-refractivity contribution in [3.05, 3.63) is 157 Å². The molecule has 9 rings (SSSR count). The lowest BCUT2D eigenvalue weighted by atomic mass is 9.84. The Kier molecular flexibility index (Phi) is 5.48. The summed E-state index contributed by atoms with van der Waals surface area (Å²) in [7, 11) is 0.